The first kappa shape index (κ1) is 12.9. The van der Waals surface area contributed by atoms with E-state index in [4.69, 9.17) is 0 Å². The maximum atomic E-state index is 12.6. The molecule has 0 bridgehead atoms. The Morgan fingerprint density at radius 2 is 2.33 bits per heavy atom. The fourth-order valence-electron chi connectivity index (χ4n) is 2.67. The number of carbonyl (C=O) groups excluding carboxylic acids is 1. The van der Waals surface area contributed by atoms with Crippen molar-refractivity contribution in [3.8, 4) is 0 Å². The van der Waals surface area contributed by atoms with E-state index in [0.717, 1.165) is 19.4 Å². The van der Waals surface area contributed by atoms with E-state index in [2.05, 4.69) is 24.1 Å². The molecule has 1 aromatic heterocycles. The minimum absolute atomic E-state index is 0.101. The molecule has 98 valence electrons. The van der Waals surface area contributed by atoms with Gasteiger partial charge in [-0.25, -0.2) is 4.98 Å². The molecule has 1 N–H and O–H groups in total. The van der Waals surface area contributed by atoms with Crippen molar-refractivity contribution >= 4 is 11.7 Å². The molecule has 2 heterocycles. The van der Waals surface area contributed by atoms with Crippen LogP contribution in [-0.4, -0.2) is 35.4 Å². The number of carbonyl (C=O) groups is 1. The second-order valence-electron chi connectivity index (χ2n) is 5.10. The number of anilines is 1. The van der Waals surface area contributed by atoms with Crippen LogP contribution in [0, 0.1) is 5.92 Å². The van der Waals surface area contributed by atoms with E-state index in [1.165, 1.54) is 0 Å². The summed E-state index contributed by atoms with van der Waals surface area (Å²) >= 11 is 0. The van der Waals surface area contributed by atoms with Crippen molar-refractivity contribution in [2.24, 2.45) is 5.92 Å². The van der Waals surface area contributed by atoms with E-state index in [-0.39, 0.29) is 5.91 Å². The molecule has 1 saturated heterocycles. The zero-order valence-corrected chi connectivity index (χ0v) is 11.3. The lowest BCUT2D eigenvalue weighted by Gasteiger charge is -2.28. The van der Waals surface area contributed by atoms with Crippen LogP contribution >= 0.6 is 0 Å². The quantitative estimate of drug-likeness (QED) is 0.892. The fraction of sp³-hybridized carbons (Fsp3) is 0.571. The molecule has 2 rings (SSSR count). The molecule has 1 aliphatic rings. The van der Waals surface area contributed by atoms with Crippen molar-refractivity contribution in [2.75, 3.05) is 18.9 Å². The summed E-state index contributed by atoms with van der Waals surface area (Å²) in [7, 11) is 1.79. The number of hydrogen-bond donors (Lipinski definition) is 1. The summed E-state index contributed by atoms with van der Waals surface area (Å²) in [5.74, 6) is 1.27. The van der Waals surface area contributed by atoms with Crippen molar-refractivity contribution in [2.45, 2.75) is 32.7 Å². The number of hydrogen-bond acceptors (Lipinski definition) is 3. The summed E-state index contributed by atoms with van der Waals surface area (Å²) in [4.78, 5) is 18.8. The maximum Gasteiger partial charge on any atom is 0.257 e. The average Bonchev–Trinajstić information content (AvgIpc) is 2.87. The smallest absolute Gasteiger partial charge is 0.257 e. The highest BCUT2D eigenvalue weighted by atomic mass is 16.2. The predicted molar refractivity (Wildman–Crippen MR) is 72.7 cm³/mol. The zero-order chi connectivity index (χ0) is 13.1. The standard InChI is InChI=1S/C14H21N3O/c1-10(2)12-7-5-9-17(12)14(18)11-6-4-8-16-13(11)15-3/h4,6,8,10,12H,5,7,9H2,1-3H3,(H,15,16). The van der Waals surface area contributed by atoms with Gasteiger partial charge in [0.2, 0.25) is 0 Å². The Labute approximate surface area is 108 Å². The van der Waals surface area contributed by atoms with Crippen molar-refractivity contribution in [1.82, 2.24) is 9.88 Å². The van der Waals surface area contributed by atoms with Gasteiger partial charge in [-0.15, -0.1) is 0 Å². The zero-order valence-electron chi connectivity index (χ0n) is 11.3. The molecule has 1 atom stereocenters. The van der Waals surface area contributed by atoms with E-state index < -0.39 is 0 Å². The Hall–Kier alpha value is -1.58. The van der Waals surface area contributed by atoms with E-state index in [1.54, 1.807) is 13.2 Å². The summed E-state index contributed by atoms with van der Waals surface area (Å²) < 4.78 is 0. The van der Waals surface area contributed by atoms with Crippen LogP contribution in [-0.2, 0) is 0 Å². The van der Waals surface area contributed by atoms with E-state index in [1.807, 2.05) is 17.0 Å². The third-order valence-corrected chi connectivity index (χ3v) is 3.60. The second-order valence-corrected chi connectivity index (χ2v) is 5.10. The van der Waals surface area contributed by atoms with Crippen LogP contribution in [0.5, 0.6) is 0 Å². The molecule has 0 saturated carbocycles. The van der Waals surface area contributed by atoms with Gasteiger partial charge in [-0.3, -0.25) is 4.79 Å². The second kappa shape index (κ2) is 5.38. The molecule has 1 aromatic rings. The number of nitrogens with one attached hydrogen (secondary N) is 1. The Kier molecular flexibility index (Phi) is 3.84. The summed E-state index contributed by atoms with van der Waals surface area (Å²) in [6.07, 6.45) is 3.91. The first-order valence-electron chi connectivity index (χ1n) is 6.59. The number of amides is 1. The molecule has 1 amide bonds. The molecule has 0 aromatic carbocycles. The first-order chi connectivity index (χ1) is 8.65. The lowest BCUT2D eigenvalue weighted by atomic mass is 10.0. The molecular formula is C14H21N3O. The van der Waals surface area contributed by atoms with E-state index >= 15 is 0 Å². The molecule has 1 aliphatic heterocycles. The highest BCUT2D eigenvalue weighted by Crippen LogP contribution is 2.26. The lowest BCUT2D eigenvalue weighted by molar-refractivity contribution is 0.0702. The molecule has 4 heteroatoms. The summed E-state index contributed by atoms with van der Waals surface area (Å²) in [6, 6.07) is 4.02. The molecular weight excluding hydrogens is 226 g/mol. The molecule has 0 aliphatic carbocycles. The molecule has 4 nitrogen and oxygen atoms in total. The minimum Gasteiger partial charge on any atom is -0.372 e. The van der Waals surface area contributed by atoms with Crippen molar-refractivity contribution in [3.05, 3.63) is 23.9 Å². The molecule has 0 spiro atoms. The number of aromatic nitrogens is 1. The number of rotatable bonds is 3. The highest BCUT2D eigenvalue weighted by Gasteiger charge is 2.32. The summed E-state index contributed by atoms with van der Waals surface area (Å²) in [6.45, 7) is 5.22. The monoisotopic (exact) mass is 247 g/mol. The Bertz CT molecular complexity index is 431. The van der Waals surface area contributed by atoms with Crippen LogP contribution in [0.4, 0.5) is 5.82 Å². The van der Waals surface area contributed by atoms with Crippen molar-refractivity contribution < 1.29 is 4.79 Å². The molecule has 18 heavy (non-hydrogen) atoms. The average molecular weight is 247 g/mol. The number of pyridine rings is 1. The Morgan fingerprint density at radius 3 is 3.00 bits per heavy atom. The van der Waals surface area contributed by atoms with Crippen LogP contribution < -0.4 is 5.32 Å². The van der Waals surface area contributed by atoms with Gasteiger partial charge in [0.1, 0.15) is 5.82 Å². The van der Waals surface area contributed by atoms with Gasteiger partial charge in [0.25, 0.3) is 5.91 Å². The third kappa shape index (κ3) is 2.33. The topological polar surface area (TPSA) is 45.2 Å². The van der Waals surface area contributed by atoms with Gasteiger partial charge in [-0.2, -0.15) is 0 Å². The van der Waals surface area contributed by atoms with Gasteiger partial charge >= 0.3 is 0 Å². The van der Waals surface area contributed by atoms with Gasteiger partial charge in [-0.05, 0) is 30.9 Å². The minimum atomic E-state index is 0.101. The van der Waals surface area contributed by atoms with Gasteiger partial charge in [0.05, 0.1) is 5.56 Å². The molecule has 1 unspecified atom stereocenters. The molecule has 0 radical (unpaired) electrons. The summed E-state index contributed by atoms with van der Waals surface area (Å²) in [5, 5.41) is 2.99. The van der Waals surface area contributed by atoms with Crippen LogP contribution in [0.15, 0.2) is 18.3 Å². The Balaban J connectivity index is 2.25. The van der Waals surface area contributed by atoms with E-state index in [9.17, 15) is 4.79 Å². The predicted octanol–water partition coefficient (Wildman–Crippen LogP) is 2.38. The van der Waals surface area contributed by atoms with Crippen LogP contribution in [0.3, 0.4) is 0 Å². The first-order valence-corrected chi connectivity index (χ1v) is 6.59. The SMILES string of the molecule is CNc1ncccc1C(=O)N1CCCC1C(C)C. The van der Waals surface area contributed by atoms with Gasteiger partial charge in [-0.1, -0.05) is 13.8 Å². The van der Waals surface area contributed by atoms with Gasteiger partial charge in [0, 0.05) is 25.8 Å². The third-order valence-electron chi connectivity index (χ3n) is 3.60. The summed E-state index contributed by atoms with van der Waals surface area (Å²) in [5.41, 5.74) is 0.674. The van der Waals surface area contributed by atoms with E-state index in [0.29, 0.717) is 23.3 Å². The lowest BCUT2D eigenvalue weighted by Crippen LogP contribution is -2.38. The van der Waals surface area contributed by atoms with Gasteiger partial charge < -0.3 is 10.2 Å². The number of nitrogens with zero attached hydrogens (tertiary/aromatic N) is 2. The van der Waals surface area contributed by atoms with Gasteiger partial charge in [0.15, 0.2) is 0 Å². The van der Waals surface area contributed by atoms with Crippen molar-refractivity contribution in [1.29, 1.82) is 0 Å². The van der Waals surface area contributed by atoms with Crippen LogP contribution in [0.2, 0.25) is 0 Å². The largest absolute Gasteiger partial charge is 0.372 e. The fourth-order valence-corrected chi connectivity index (χ4v) is 2.67. The normalized spacial score (nSPS) is 19.3. The molecule has 1 fully saturated rings. The maximum absolute atomic E-state index is 12.6. The van der Waals surface area contributed by atoms with Crippen LogP contribution in [0.1, 0.15) is 37.0 Å². The number of likely N-dealkylation sites (tertiary alicyclic amines) is 1. The Morgan fingerprint density at radius 1 is 1.56 bits per heavy atom. The van der Waals surface area contributed by atoms with Crippen LogP contribution in [0.25, 0.3) is 0 Å². The highest BCUT2D eigenvalue weighted by molar-refractivity contribution is 5.99. The van der Waals surface area contributed by atoms with Crippen molar-refractivity contribution in [3.63, 3.8) is 0 Å².